The fraction of sp³-hybridized carbons (Fsp3) is 0.389. The van der Waals surface area contributed by atoms with Crippen molar-refractivity contribution >= 4 is 17.3 Å². The maximum absolute atomic E-state index is 11.8. The molecule has 0 fully saturated rings. The van der Waals surface area contributed by atoms with E-state index in [9.17, 15) is 14.9 Å². The van der Waals surface area contributed by atoms with Gasteiger partial charge in [-0.05, 0) is 37.4 Å². The minimum absolute atomic E-state index is 0.00299. The molecule has 8 heteroatoms. The number of carbonyl (C=O) groups excluding carboxylic acids is 1. The minimum atomic E-state index is -0.744. The van der Waals surface area contributed by atoms with Crippen LogP contribution in [0.25, 0.3) is 0 Å². The van der Waals surface area contributed by atoms with E-state index in [1.807, 2.05) is 12.1 Å². The maximum atomic E-state index is 11.8. The summed E-state index contributed by atoms with van der Waals surface area (Å²) < 4.78 is 10.2. The fourth-order valence-corrected chi connectivity index (χ4v) is 2.85. The van der Waals surface area contributed by atoms with E-state index in [-0.39, 0.29) is 17.3 Å². The summed E-state index contributed by atoms with van der Waals surface area (Å²) in [5.41, 5.74) is 0.230. The smallest absolute Gasteiger partial charge is 0.344 e. The highest BCUT2D eigenvalue weighted by atomic mass is 16.6. The molecule has 1 unspecified atom stereocenters. The third kappa shape index (κ3) is 4.40. The number of likely N-dealkylation sites (N-methyl/N-ethyl adjacent to an activating group) is 1. The van der Waals surface area contributed by atoms with Crippen molar-refractivity contribution in [2.24, 2.45) is 0 Å². The number of ether oxygens (including phenoxy) is 1. The molecule has 0 saturated heterocycles. The molecule has 0 spiro atoms. The van der Waals surface area contributed by atoms with Crippen molar-refractivity contribution < 1.29 is 18.9 Å². The molecule has 140 valence electrons. The molecular weight excluding hydrogens is 338 g/mol. The lowest BCUT2D eigenvalue weighted by atomic mass is 10.1. The van der Waals surface area contributed by atoms with E-state index < -0.39 is 10.9 Å². The van der Waals surface area contributed by atoms with E-state index in [2.05, 4.69) is 28.8 Å². The molecule has 8 nitrogen and oxygen atoms in total. The number of nitro benzene ring substituents is 1. The number of hydrogen-bond acceptors (Lipinski definition) is 7. The zero-order valence-corrected chi connectivity index (χ0v) is 15.1. The van der Waals surface area contributed by atoms with Gasteiger partial charge in [0.2, 0.25) is 0 Å². The Kier molecular flexibility index (Phi) is 6.74. The van der Waals surface area contributed by atoms with Crippen LogP contribution in [-0.2, 0) is 4.74 Å². The van der Waals surface area contributed by atoms with Crippen LogP contribution >= 0.6 is 0 Å². The van der Waals surface area contributed by atoms with Crippen molar-refractivity contribution in [1.82, 2.24) is 4.90 Å². The topological polar surface area (TPSA) is 97.8 Å². The number of hydrogen-bond donors (Lipinski definition) is 1. The van der Waals surface area contributed by atoms with Crippen LogP contribution in [-0.4, -0.2) is 42.5 Å². The Bertz CT molecular complexity index is 741. The Morgan fingerprint density at radius 1 is 1.35 bits per heavy atom. The number of nitrogens with zero attached hydrogens (tertiary/aromatic N) is 2. The van der Waals surface area contributed by atoms with Gasteiger partial charge in [0.05, 0.1) is 24.3 Å². The number of rotatable bonds is 9. The second-order valence-corrected chi connectivity index (χ2v) is 5.61. The first kappa shape index (κ1) is 19.5. The molecule has 1 atom stereocenters. The molecule has 1 aromatic carbocycles. The average molecular weight is 361 g/mol. The first-order chi connectivity index (χ1) is 12.5. The molecule has 0 radical (unpaired) electrons. The Balaban J connectivity index is 2.23. The van der Waals surface area contributed by atoms with Gasteiger partial charge in [0.25, 0.3) is 5.69 Å². The monoisotopic (exact) mass is 361 g/mol. The van der Waals surface area contributed by atoms with Gasteiger partial charge in [-0.1, -0.05) is 13.8 Å². The van der Waals surface area contributed by atoms with Crippen molar-refractivity contribution in [2.45, 2.75) is 19.9 Å². The molecule has 1 aromatic heterocycles. The largest absolute Gasteiger partial charge is 0.468 e. The average Bonchev–Trinajstić information content (AvgIpc) is 3.18. The summed E-state index contributed by atoms with van der Waals surface area (Å²) >= 11 is 0. The highest BCUT2D eigenvalue weighted by Gasteiger charge is 2.23. The number of nitro groups is 1. The molecule has 0 aliphatic carbocycles. The van der Waals surface area contributed by atoms with Crippen LogP contribution in [0, 0.1) is 10.1 Å². The molecular formula is C18H23N3O5. The number of esters is 1. The quantitative estimate of drug-likeness (QED) is 0.415. The number of furan rings is 1. The van der Waals surface area contributed by atoms with Gasteiger partial charge < -0.3 is 14.5 Å². The minimum Gasteiger partial charge on any atom is -0.468 e. The second-order valence-electron chi connectivity index (χ2n) is 5.61. The van der Waals surface area contributed by atoms with E-state index >= 15 is 0 Å². The van der Waals surface area contributed by atoms with Gasteiger partial charge in [-0.25, -0.2) is 4.79 Å². The van der Waals surface area contributed by atoms with Gasteiger partial charge >= 0.3 is 5.97 Å². The number of methoxy groups -OCH3 is 1. The molecule has 0 bridgehead atoms. The molecule has 0 aliphatic rings. The number of nitrogens with one attached hydrogen (secondary N) is 1. The summed E-state index contributed by atoms with van der Waals surface area (Å²) in [6.45, 7) is 6.35. The standard InChI is InChI=1S/C18H23N3O5/c1-4-20(5-2)16(17-7-6-10-26-17)12-19-13-8-9-15(21(23)24)14(11-13)18(22)25-3/h6-11,16,19H,4-5,12H2,1-3H3. The predicted molar refractivity (Wildman–Crippen MR) is 97.3 cm³/mol. The van der Waals surface area contributed by atoms with Crippen molar-refractivity contribution in [3.63, 3.8) is 0 Å². The van der Waals surface area contributed by atoms with Crippen molar-refractivity contribution in [1.29, 1.82) is 0 Å². The van der Waals surface area contributed by atoms with Gasteiger partial charge in [0.1, 0.15) is 11.3 Å². The van der Waals surface area contributed by atoms with Gasteiger partial charge in [0, 0.05) is 18.3 Å². The van der Waals surface area contributed by atoms with Crippen molar-refractivity contribution in [3.05, 3.63) is 58.0 Å². The molecule has 2 rings (SSSR count). The number of anilines is 1. The molecule has 26 heavy (non-hydrogen) atoms. The summed E-state index contributed by atoms with van der Waals surface area (Å²) in [6, 6.07) is 8.07. The Hall–Kier alpha value is -2.87. The summed E-state index contributed by atoms with van der Waals surface area (Å²) in [6.07, 6.45) is 1.63. The number of carbonyl (C=O) groups is 1. The lowest BCUT2D eigenvalue weighted by molar-refractivity contribution is -0.385. The molecule has 1 N–H and O–H groups in total. The SMILES string of the molecule is CCN(CC)C(CNc1ccc([N+](=O)[O-])c(C(=O)OC)c1)c1ccco1. The Labute approximate surface area is 151 Å². The maximum Gasteiger partial charge on any atom is 0.344 e. The van der Waals surface area contributed by atoms with Gasteiger partial charge in [-0.15, -0.1) is 0 Å². The molecule has 1 heterocycles. The van der Waals surface area contributed by atoms with E-state index in [1.165, 1.54) is 19.2 Å². The number of benzene rings is 1. The third-order valence-electron chi connectivity index (χ3n) is 4.22. The Morgan fingerprint density at radius 2 is 2.08 bits per heavy atom. The molecule has 0 amide bonds. The van der Waals surface area contributed by atoms with Gasteiger partial charge in [-0.2, -0.15) is 0 Å². The summed E-state index contributed by atoms with van der Waals surface area (Å²) in [5, 5.41) is 14.3. The predicted octanol–water partition coefficient (Wildman–Crippen LogP) is 3.47. The van der Waals surface area contributed by atoms with E-state index in [0.717, 1.165) is 18.8 Å². The summed E-state index contributed by atoms with van der Waals surface area (Å²) in [4.78, 5) is 24.6. The van der Waals surface area contributed by atoms with Crippen LogP contribution < -0.4 is 5.32 Å². The third-order valence-corrected chi connectivity index (χ3v) is 4.22. The zero-order chi connectivity index (χ0) is 19.1. The Morgan fingerprint density at radius 3 is 2.62 bits per heavy atom. The van der Waals surface area contributed by atoms with Crippen molar-refractivity contribution in [2.75, 3.05) is 32.1 Å². The van der Waals surface area contributed by atoms with E-state index in [1.54, 1.807) is 12.3 Å². The second kappa shape index (κ2) is 9.00. The van der Waals surface area contributed by atoms with Gasteiger partial charge in [0.15, 0.2) is 0 Å². The van der Waals surface area contributed by atoms with Crippen LogP contribution in [0.5, 0.6) is 0 Å². The van der Waals surface area contributed by atoms with E-state index in [4.69, 9.17) is 4.42 Å². The summed E-state index contributed by atoms with van der Waals surface area (Å²) in [7, 11) is 1.19. The highest BCUT2D eigenvalue weighted by Crippen LogP contribution is 2.26. The van der Waals surface area contributed by atoms with Gasteiger partial charge in [-0.3, -0.25) is 15.0 Å². The molecule has 0 saturated carbocycles. The lowest BCUT2D eigenvalue weighted by Crippen LogP contribution is -2.33. The van der Waals surface area contributed by atoms with Crippen LogP contribution in [0.15, 0.2) is 41.0 Å². The zero-order valence-electron chi connectivity index (χ0n) is 15.1. The van der Waals surface area contributed by atoms with Crippen LogP contribution in [0.1, 0.15) is 36.0 Å². The van der Waals surface area contributed by atoms with E-state index in [0.29, 0.717) is 12.2 Å². The van der Waals surface area contributed by atoms with Crippen molar-refractivity contribution in [3.8, 4) is 0 Å². The first-order valence-corrected chi connectivity index (χ1v) is 8.39. The van der Waals surface area contributed by atoms with Crippen LogP contribution in [0.2, 0.25) is 0 Å². The highest BCUT2D eigenvalue weighted by molar-refractivity contribution is 5.95. The summed E-state index contributed by atoms with van der Waals surface area (Å²) in [5.74, 6) is 0.0861. The molecule has 0 aliphatic heterocycles. The lowest BCUT2D eigenvalue weighted by Gasteiger charge is -2.28. The molecule has 2 aromatic rings. The van der Waals surface area contributed by atoms with Crippen LogP contribution in [0.4, 0.5) is 11.4 Å². The first-order valence-electron chi connectivity index (χ1n) is 8.39. The fourth-order valence-electron chi connectivity index (χ4n) is 2.85. The normalized spacial score (nSPS) is 12.0. The van der Waals surface area contributed by atoms with Crippen LogP contribution in [0.3, 0.4) is 0 Å².